The topological polar surface area (TPSA) is 87.6 Å². The molecular weight excluding hydrogens is 492 g/mol. The Morgan fingerprint density at radius 1 is 1.22 bits per heavy atom. The van der Waals surface area contributed by atoms with E-state index in [4.69, 9.17) is 24.6 Å². The fourth-order valence-corrected chi connectivity index (χ4v) is 5.08. The van der Waals surface area contributed by atoms with Crippen molar-refractivity contribution in [3.05, 3.63) is 52.5 Å². The number of piperidine rings is 1. The Bertz CT molecular complexity index is 1050. The summed E-state index contributed by atoms with van der Waals surface area (Å²) in [5.74, 6) is 2.63. The summed E-state index contributed by atoms with van der Waals surface area (Å²) in [5.41, 5.74) is 3.00. The fourth-order valence-electron chi connectivity index (χ4n) is 3.67. The first kappa shape index (κ1) is 24.3. The highest BCUT2D eigenvalue weighted by Gasteiger charge is 2.23. The molecule has 0 atom stereocenters. The third-order valence-electron chi connectivity index (χ3n) is 5.32. The second kappa shape index (κ2) is 12.0. The molecule has 2 heterocycles. The van der Waals surface area contributed by atoms with Gasteiger partial charge in [-0.05, 0) is 56.3 Å². The molecule has 1 saturated heterocycles. The summed E-state index contributed by atoms with van der Waals surface area (Å²) >= 11 is 5.28. The number of rotatable bonds is 6. The van der Waals surface area contributed by atoms with Gasteiger partial charge in [0.2, 0.25) is 0 Å². The van der Waals surface area contributed by atoms with Crippen molar-refractivity contribution in [3.8, 4) is 5.75 Å². The molecule has 1 fully saturated rings. The van der Waals surface area contributed by atoms with Crippen molar-refractivity contribution in [2.24, 2.45) is 0 Å². The minimum absolute atomic E-state index is 0.250. The normalized spacial score (nSPS) is 13.8. The molecule has 1 aliphatic rings. The van der Waals surface area contributed by atoms with Crippen LogP contribution in [-0.2, 0) is 10.5 Å². The fraction of sp³-hybridized carbons (Fsp3) is 0.348. The molecule has 2 aromatic carbocycles. The number of thioether (sulfide) groups is 1. The number of carbonyl (C=O) groups is 1. The van der Waals surface area contributed by atoms with Gasteiger partial charge in [0, 0.05) is 28.9 Å². The number of anilines is 1. The van der Waals surface area contributed by atoms with Crippen LogP contribution >= 0.6 is 27.7 Å². The molecule has 7 nitrogen and oxygen atoms in total. The van der Waals surface area contributed by atoms with Crippen molar-refractivity contribution in [1.82, 2.24) is 15.3 Å². The van der Waals surface area contributed by atoms with E-state index in [0.29, 0.717) is 6.04 Å². The van der Waals surface area contributed by atoms with Gasteiger partial charge in [0.1, 0.15) is 10.8 Å². The summed E-state index contributed by atoms with van der Waals surface area (Å²) in [6, 6.07) is 14.7. The van der Waals surface area contributed by atoms with Gasteiger partial charge in [0.15, 0.2) is 5.82 Å². The number of ether oxygens (including phenoxy) is 1. The quantitative estimate of drug-likeness (QED) is 0.362. The van der Waals surface area contributed by atoms with Crippen molar-refractivity contribution in [2.75, 3.05) is 32.1 Å². The maximum Gasteiger partial charge on any atom is 0.290 e. The van der Waals surface area contributed by atoms with Gasteiger partial charge in [-0.1, -0.05) is 39.8 Å². The molecule has 0 bridgehead atoms. The van der Waals surface area contributed by atoms with E-state index in [1.54, 1.807) is 18.9 Å². The number of halogens is 1. The van der Waals surface area contributed by atoms with E-state index in [9.17, 15) is 0 Å². The lowest BCUT2D eigenvalue weighted by Gasteiger charge is -2.33. The van der Waals surface area contributed by atoms with E-state index >= 15 is 0 Å². The van der Waals surface area contributed by atoms with Gasteiger partial charge in [0.25, 0.3) is 6.47 Å². The zero-order valence-electron chi connectivity index (χ0n) is 18.1. The highest BCUT2D eigenvalue weighted by Crippen LogP contribution is 2.35. The van der Waals surface area contributed by atoms with Crippen LogP contribution < -0.4 is 15.0 Å². The van der Waals surface area contributed by atoms with Crippen LogP contribution in [0.2, 0.25) is 0 Å². The molecule has 170 valence electrons. The molecule has 9 heteroatoms. The third kappa shape index (κ3) is 6.11. The number of methoxy groups -OCH3 is 1. The minimum Gasteiger partial charge on any atom is -0.496 e. The van der Waals surface area contributed by atoms with Crippen LogP contribution in [0.15, 0.2) is 52.0 Å². The predicted molar refractivity (Wildman–Crippen MR) is 133 cm³/mol. The van der Waals surface area contributed by atoms with Gasteiger partial charge in [-0.25, -0.2) is 9.97 Å². The van der Waals surface area contributed by atoms with Crippen LogP contribution in [0.3, 0.4) is 0 Å². The summed E-state index contributed by atoms with van der Waals surface area (Å²) in [6.07, 6.45) is 2.24. The average molecular weight is 519 g/mol. The number of hydrogen-bond acceptors (Lipinski definition) is 7. The number of fused-ring (bicyclic) bond motifs is 1. The number of carboxylic acid groups (broad SMARTS) is 1. The van der Waals surface area contributed by atoms with Crippen molar-refractivity contribution in [2.45, 2.75) is 29.7 Å². The largest absolute Gasteiger partial charge is 0.496 e. The first-order valence-corrected chi connectivity index (χ1v) is 12.1. The molecule has 3 aromatic rings. The first-order chi connectivity index (χ1) is 15.6. The average Bonchev–Trinajstić information content (AvgIpc) is 2.83. The van der Waals surface area contributed by atoms with Gasteiger partial charge in [-0.3, -0.25) is 4.79 Å². The molecule has 1 aromatic heterocycles. The standard InChI is InChI=1S/C22H25BrN4OS.CH2O2/c1-27(17-9-11-24-12-10-17)21-22(26-19-6-4-3-5-18(19)25-21)29-14-15-13-16(23)7-8-20(15)28-2;2-1-3/h3-8,13,17,24H,9-12,14H2,1-2H3;1H,(H,2,3). The van der Waals surface area contributed by atoms with Crippen LogP contribution in [0.5, 0.6) is 5.75 Å². The summed E-state index contributed by atoms with van der Waals surface area (Å²) in [4.78, 5) is 20.7. The van der Waals surface area contributed by atoms with Crippen molar-refractivity contribution in [3.63, 3.8) is 0 Å². The Morgan fingerprint density at radius 3 is 2.53 bits per heavy atom. The Hall–Kier alpha value is -2.36. The first-order valence-electron chi connectivity index (χ1n) is 10.3. The lowest BCUT2D eigenvalue weighted by molar-refractivity contribution is -0.122. The minimum atomic E-state index is -0.250. The van der Waals surface area contributed by atoms with Crippen LogP contribution in [0.1, 0.15) is 18.4 Å². The Labute approximate surface area is 200 Å². The summed E-state index contributed by atoms with van der Waals surface area (Å²) < 4.78 is 6.59. The van der Waals surface area contributed by atoms with Crippen LogP contribution in [-0.4, -0.2) is 54.8 Å². The van der Waals surface area contributed by atoms with E-state index < -0.39 is 0 Å². The van der Waals surface area contributed by atoms with Gasteiger partial charge >= 0.3 is 0 Å². The Kier molecular flexibility index (Phi) is 9.13. The Morgan fingerprint density at radius 2 is 1.88 bits per heavy atom. The SMILES string of the molecule is COc1ccc(Br)cc1CSc1nc2ccccc2nc1N(C)C1CCNCC1.O=CO. The highest BCUT2D eigenvalue weighted by atomic mass is 79.9. The highest BCUT2D eigenvalue weighted by molar-refractivity contribution is 9.10. The molecule has 32 heavy (non-hydrogen) atoms. The van der Waals surface area contributed by atoms with E-state index in [0.717, 1.165) is 69.3 Å². The van der Waals surface area contributed by atoms with Gasteiger partial charge in [-0.15, -0.1) is 0 Å². The van der Waals surface area contributed by atoms with Crippen LogP contribution in [0.25, 0.3) is 11.0 Å². The number of benzene rings is 2. The van der Waals surface area contributed by atoms with Crippen LogP contribution in [0, 0.1) is 0 Å². The molecule has 0 amide bonds. The number of hydrogen-bond donors (Lipinski definition) is 2. The van der Waals surface area contributed by atoms with Crippen molar-refractivity contribution in [1.29, 1.82) is 0 Å². The molecule has 1 aliphatic heterocycles. The number of nitrogens with one attached hydrogen (secondary N) is 1. The zero-order chi connectivity index (χ0) is 22.9. The second-order valence-corrected chi connectivity index (χ2v) is 9.16. The van der Waals surface area contributed by atoms with Crippen LogP contribution in [0.4, 0.5) is 5.82 Å². The molecule has 0 spiro atoms. The molecule has 4 rings (SSSR count). The smallest absolute Gasteiger partial charge is 0.290 e. The third-order valence-corrected chi connectivity index (χ3v) is 6.81. The van der Waals surface area contributed by atoms with Gasteiger partial charge < -0.3 is 20.1 Å². The molecule has 0 radical (unpaired) electrons. The van der Waals surface area contributed by atoms with Crippen molar-refractivity contribution < 1.29 is 14.6 Å². The maximum atomic E-state index is 8.36. The lowest BCUT2D eigenvalue weighted by atomic mass is 10.1. The molecule has 0 saturated carbocycles. The maximum absolute atomic E-state index is 8.36. The lowest BCUT2D eigenvalue weighted by Crippen LogP contribution is -2.41. The number of nitrogens with zero attached hydrogens (tertiary/aromatic N) is 3. The van der Waals surface area contributed by atoms with E-state index in [-0.39, 0.29) is 6.47 Å². The monoisotopic (exact) mass is 518 g/mol. The van der Waals surface area contributed by atoms with E-state index in [1.165, 1.54) is 0 Å². The molecule has 0 aliphatic carbocycles. The van der Waals surface area contributed by atoms with Crippen molar-refractivity contribution >= 4 is 51.0 Å². The number of para-hydroxylation sites is 2. The predicted octanol–water partition coefficient (Wildman–Crippen LogP) is 4.58. The summed E-state index contributed by atoms with van der Waals surface area (Å²) in [5, 5.41) is 11.3. The number of aromatic nitrogens is 2. The van der Waals surface area contributed by atoms with E-state index in [2.05, 4.69) is 39.3 Å². The van der Waals surface area contributed by atoms with Gasteiger partial charge in [-0.2, -0.15) is 0 Å². The summed E-state index contributed by atoms with van der Waals surface area (Å²) in [6.45, 7) is 1.85. The summed E-state index contributed by atoms with van der Waals surface area (Å²) in [7, 11) is 3.86. The Balaban J connectivity index is 0.000000913. The molecule has 2 N–H and O–H groups in total. The zero-order valence-corrected chi connectivity index (χ0v) is 20.5. The molecule has 0 unspecified atom stereocenters. The molecular formula is C23H27BrN4O3S. The van der Waals surface area contributed by atoms with E-state index in [1.807, 2.05) is 36.4 Å². The van der Waals surface area contributed by atoms with Gasteiger partial charge in [0.05, 0.1) is 18.1 Å². The second-order valence-electron chi connectivity index (χ2n) is 7.28.